The van der Waals surface area contributed by atoms with Crippen LogP contribution >= 0.6 is 24.0 Å². The first-order valence-electron chi connectivity index (χ1n) is 8.17. The molecule has 0 bridgehead atoms. The number of thiocarbonyl (C=S) groups is 1. The zero-order valence-electron chi connectivity index (χ0n) is 14.2. The van der Waals surface area contributed by atoms with Crippen molar-refractivity contribution in [2.75, 3.05) is 22.5 Å². The summed E-state index contributed by atoms with van der Waals surface area (Å²) in [4.78, 5) is 26.8. The van der Waals surface area contributed by atoms with E-state index in [-0.39, 0.29) is 35.6 Å². The highest BCUT2D eigenvalue weighted by molar-refractivity contribution is 8.00. The maximum atomic E-state index is 13.6. The fourth-order valence-corrected chi connectivity index (χ4v) is 3.61. The van der Waals surface area contributed by atoms with E-state index in [4.69, 9.17) is 12.2 Å². The molecule has 140 valence electrons. The number of thioether (sulfide) groups is 1. The molecule has 0 radical (unpaired) electrons. The number of carbonyl (C=O) groups is 2. The molecule has 6 nitrogen and oxygen atoms in total. The van der Waals surface area contributed by atoms with Crippen molar-refractivity contribution in [2.45, 2.75) is 11.3 Å². The molecule has 0 spiro atoms. The van der Waals surface area contributed by atoms with Crippen LogP contribution in [-0.2, 0) is 9.59 Å². The summed E-state index contributed by atoms with van der Waals surface area (Å²) in [5.41, 5.74) is 5.99. The molecule has 1 heterocycles. The molecular weight excluding hydrogens is 387 g/mol. The van der Waals surface area contributed by atoms with Gasteiger partial charge in [0.1, 0.15) is 5.82 Å². The Labute approximate surface area is 165 Å². The van der Waals surface area contributed by atoms with Gasteiger partial charge in [0.15, 0.2) is 5.11 Å². The van der Waals surface area contributed by atoms with Crippen LogP contribution in [0.4, 0.5) is 15.8 Å². The molecule has 0 unspecified atom stereocenters. The summed E-state index contributed by atoms with van der Waals surface area (Å²) in [6.07, 6.45) is 0.0973. The Morgan fingerprint density at radius 1 is 1.15 bits per heavy atom. The van der Waals surface area contributed by atoms with Gasteiger partial charge in [0, 0.05) is 17.9 Å². The number of halogens is 1. The Hall–Kier alpha value is -2.65. The first-order valence-corrected chi connectivity index (χ1v) is 9.56. The van der Waals surface area contributed by atoms with Gasteiger partial charge in [-0.05, 0) is 36.5 Å². The first-order chi connectivity index (χ1) is 13.0. The van der Waals surface area contributed by atoms with Crippen molar-refractivity contribution >= 4 is 52.3 Å². The smallest absolute Gasteiger partial charge is 0.240 e. The summed E-state index contributed by atoms with van der Waals surface area (Å²) in [7, 11) is 0. The second kappa shape index (κ2) is 8.83. The van der Waals surface area contributed by atoms with Crippen LogP contribution in [0.1, 0.15) is 6.42 Å². The van der Waals surface area contributed by atoms with Crippen LogP contribution in [0.25, 0.3) is 0 Å². The van der Waals surface area contributed by atoms with Crippen molar-refractivity contribution in [3.63, 3.8) is 0 Å². The molecule has 3 N–H and O–H groups in total. The van der Waals surface area contributed by atoms with Crippen molar-refractivity contribution < 1.29 is 14.0 Å². The fourth-order valence-electron chi connectivity index (χ4n) is 2.52. The van der Waals surface area contributed by atoms with Crippen molar-refractivity contribution in [1.29, 1.82) is 0 Å². The minimum Gasteiger partial charge on any atom is -0.329 e. The molecule has 2 aromatic rings. The number of rotatable bonds is 4. The van der Waals surface area contributed by atoms with E-state index in [0.29, 0.717) is 5.75 Å². The molecule has 27 heavy (non-hydrogen) atoms. The third-order valence-corrected chi connectivity index (χ3v) is 5.06. The molecule has 0 fully saturated rings. The van der Waals surface area contributed by atoms with Crippen LogP contribution in [0.3, 0.4) is 0 Å². The number of fused-ring (bicyclic) bond motifs is 1. The van der Waals surface area contributed by atoms with E-state index in [9.17, 15) is 14.0 Å². The third kappa shape index (κ3) is 4.95. The summed E-state index contributed by atoms with van der Waals surface area (Å²) in [6.45, 7) is 0.261. The van der Waals surface area contributed by atoms with Gasteiger partial charge in [-0.2, -0.15) is 0 Å². The van der Waals surface area contributed by atoms with E-state index in [0.717, 1.165) is 10.6 Å². The monoisotopic (exact) mass is 404 g/mol. The third-order valence-electron chi connectivity index (χ3n) is 3.81. The van der Waals surface area contributed by atoms with Gasteiger partial charge in [0.2, 0.25) is 11.8 Å². The molecule has 0 aliphatic carbocycles. The van der Waals surface area contributed by atoms with Gasteiger partial charge in [-0.3, -0.25) is 20.4 Å². The number of hydrogen-bond acceptors (Lipinski definition) is 4. The predicted molar refractivity (Wildman–Crippen MR) is 108 cm³/mol. The molecule has 2 amide bonds. The molecule has 0 atom stereocenters. The van der Waals surface area contributed by atoms with E-state index in [2.05, 4.69) is 16.2 Å². The summed E-state index contributed by atoms with van der Waals surface area (Å²) < 4.78 is 13.6. The van der Waals surface area contributed by atoms with E-state index < -0.39 is 5.82 Å². The predicted octanol–water partition coefficient (Wildman–Crippen LogP) is 2.67. The second-order valence-corrected chi connectivity index (χ2v) is 7.08. The van der Waals surface area contributed by atoms with Gasteiger partial charge >= 0.3 is 0 Å². The lowest BCUT2D eigenvalue weighted by Gasteiger charge is -2.28. The quantitative estimate of drug-likeness (QED) is 0.538. The van der Waals surface area contributed by atoms with Gasteiger partial charge in [0.05, 0.1) is 17.1 Å². The molecule has 0 saturated heterocycles. The minimum atomic E-state index is -0.451. The van der Waals surface area contributed by atoms with Gasteiger partial charge in [-0.15, -0.1) is 11.8 Å². The van der Waals surface area contributed by atoms with Crippen molar-refractivity contribution in [2.24, 2.45) is 0 Å². The SMILES string of the molecule is O=C(CCN1C(=O)CSc2ccccc21)NNC(=S)Nc1ccccc1F. The number of anilines is 2. The number of hydrazine groups is 1. The molecular formula is C18H17FN4O2S2. The van der Waals surface area contributed by atoms with Gasteiger partial charge in [0.25, 0.3) is 0 Å². The Morgan fingerprint density at radius 3 is 2.70 bits per heavy atom. The van der Waals surface area contributed by atoms with Gasteiger partial charge < -0.3 is 10.2 Å². The highest BCUT2D eigenvalue weighted by atomic mass is 32.2. The fraction of sp³-hybridized carbons (Fsp3) is 0.167. The lowest BCUT2D eigenvalue weighted by molar-refractivity contribution is -0.121. The summed E-state index contributed by atoms with van der Waals surface area (Å²) in [6, 6.07) is 13.7. The topological polar surface area (TPSA) is 73.5 Å². The van der Waals surface area contributed by atoms with Crippen molar-refractivity contribution in [1.82, 2.24) is 10.9 Å². The van der Waals surface area contributed by atoms with Crippen molar-refractivity contribution in [3.8, 4) is 0 Å². The Morgan fingerprint density at radius 2 is 1.89 bits per heavy atom. The van der Waals surface area contributed by atoms with E-state index >= 15 is 0 Å². The second-order valence-electron chi connectivity index (χ2n) is 5.66. The van der Waals surface area contributed by atoms with E-state index in [1.807, 2.05) is 24.3 Å². The lowest BCUT2D eigenvalue weighted by Crippen LogP contribution is -2.45. The number of amides is 2. The number of nitrogens with zero attached hydrogens (tertiary/aromatic N) is 1. The number of hydrogen-bond donors (Lipinski definition) is 3. The highest BCUT2D eigenvalue weighted by Crippen LogP contribution is 2.34. The molecule has 1 aliphatic heterocycles. The van der Waals surface area contributed by atoms with Crippen LogP contribution in [0, 0.1) is 5.82 Å². The Bertz CT molecular complexity index is 878. The number of para-hydroxylation sites is 2. The van der Waals surface area contributed by atoms with Crippen LogP contribution in [-0.4, -0.2) is 29.2 Å². The van der Waals surface area contributed by atoms with Crippen molar-refractivity contribution in [3.05, 3.63) is 54.3 Å². The van der Waals surface area contributed by atoms with Crippen LogP contribution < -0.4 is 21.1 Å². The molecule has 2 aromatic carbocycles. The largest absolute Gasteiger partial charge is 0.329 e. The standard InChI is InChI=1S/C18H17FN4O2S2/c19-12-5-1-2-6-13(12)20-18(26)22-21-16(24)9-10-23-14-7-3-4-8-15(14)27-11-17(23)25/h1-8H,9-11H2,(H,21,24)(H2,20,22,26). The normalized spacial score (nSPS) is 12.9. The van der Waals surface area contributed by atoms with Crippen LogP contribution in [0.2, 0.25) is 0 Å². The zero-order chi connectivity index (χ0) is 19.2. The lowest BCUT2D eigenvalue weighted by atomic mass is 10.2. The summed E-state index contributed by atoms with van der Waals surface area (Å²) in [5.74, 6) is -0.464. The molecule has 3 rings (SSSR count). The maximum Gasteiger partial charge on any atom is 0.240 e. The summed E-state index contributed by atoms with van der Waals surface area (Å²) >= 11 is 6.51. The van der Waals surface area contributed by atoms with Gasteiger partial charge in [-0.25, -0.2) is 4.39 Å². The molecule has 0 saturated carbocycles. The Balaban J connectivity index is 1.48. The average Bonchev–Trinajstić information content (AvgIpc) is 2.67. The summed E-state index contributed by atoms with van der Waals surface area (Å²) in [5, 5.41) is 2.71. The van der Waals surface area contributed by atoms with E-state index in [1.54, 1.807) is 17.0 Å². The average molecular weight is 404 g/mol. The van der Waals surface area contributed by atoms with Crippen LogP contribution in [0.15, 0.2) is 53.4 Å². The first kappa shape index (κ1) is 19.1. The van der Waals surface area contributed by atoms with Gasteiger partial charge in [-0.1, -0.05) is 24.3 Å². The Kier molecular flexibility index (Phi) is 6.25. The number of nitrogens with one attached hydrogen (secondary N) is 3. The maximum absolute atomic E-state index is 13.6. The molecule has 1 aliphatic rings. The van der Waals surface area contributed by atoms with Crippen LogP contribution in [0.5, 0.6) is 0 Å². The number of carbonyl (C=O) groups excluding carboxylic acids is 2. The number of benzene rings is 2. The zero-order valence-corrected chi connectivity index (χ0v) is 15.8. The molecule has 0 aromatic heterocycles. The van der Waals surface area contributed by atoms with E-state index in [1.165, 1.54) is 23.9 Å². The highest BCUT2D eigenvalue weighted by Gasteiger charge is 2.24. The minimum absolute atomic E-state index is 0.0313. The molecule has 9 heteroatoms.